The summed E-state index contributed by atoms with van der Waals surface area (Å²) < 4.78 is 0. The molecule has 0 aliphatic carbocycles. The van der Waals surface area contributed by atoms with E-state index >= 15 is 0 Å². The van der Waals surface area contributed by atoms with Crippen molar-refractivity contribution in [3.8, 4) is 0 Å². The van der Waals surface area contributed by atoms with E-state index in [1.807, 2.05) is 0 Å². The Balaban J connectivity index is -0.0000000150. The smallest absolute Gasteiger partial charge is 0.450 e. The predicted molar refractivity (Wildman–Crippen MR) is 31.9 cm³/mol. The molecule has 0 fully saturated rings. The maximum absolute atomic E-state index is 8.56. The molecule has 0 aromatic rings. The minimum atomic E-state index is -1.83. The molecule has 6 heteroatoms. The van der Waals surface area contributed by atoms with Crippen molar-refractivity contribution in [2.75, 3.05) is 0 Å². The van der Waals surface area contributed by atoms with Crippen LogP contribution < -0.4 is 0 Å². The van der Waals surface area contributed by atoms with Gasteiger partial charge in [0, 0.05) is 21.7 Å². The molecule has 0 bridgehead atoms. The Labute approximate surface area is 71.1 Å². The zero-order valence-corrected chi connectivity index (χ0v) is 3.86. The van der Waals surface area contributed by atoms with Gasteiger partial charge in [0.05, 0.1) is 0 Å². The van der Waals surface area contributed by atoms with Crippen molar-refractivity contribution in [3.05, 3.63) is 0 Å². The van der Waals surface area contributed by atoms with Crippen LogP contribution in [-0.2, 0) is 21.7 Å². The second kappa shape index (κ2) is 15.9. The molecule has 0 saturated carbocycles. The monoisotopic (exact) mass is 172 g/mol. The Kier molecular flexibility index (Phi) is 57.1. The Bertz CT molecular complexity index is 37.9. The number of carboxylic acid groups (broad SMARTS) is 2. The third kappa shape index (κ3) is 280. The topological polar surface area (TPSA) is 57.5 Å². The average Bonchev–Trinajstić information content (AvgIpc) is 0.811. The molecule has 0 heterocycles. The number of rotatable bonds is 0. The molecule has 7 heavy (non-hydrogen) atoms. The maximum Gasteiger partial charge on any atom is 0.503 e. The minimum Gasteiger partial charge on any atom is -0.450 e. The van der Waals surface area contributed by atoms with Gasteiger partial charge in [-0.1, -0.05) is 0 Å². The van der Waals surface area contributed by atoms with Crippen molar-refractivity contribution in [2.45, 2.75) is 0 Å². The van der Waals surface area contributed by atoms with Gasteiger partial charge in [-0.25, -0.2) is 4.79 Å². The molecule has 0 aliphatic heterocycles. The maximum atomic E-state index is 8.56. The summed E-state index contributed by atoms with van der Waals surface area (Å²) in [6.07, 6.45) is -1.83. The van der Waals surface area contributed by atoms with Crippen LogP contribution in [0.25, 0.3) is 0 Å². The third-order valence-corrected chi connectivity index (χ3v) is 0. The van der Waals surface area contributed by atoms with E-state index in [1.165, 1.54) is 0 Å². The second-order valence-corrected chi connectivity index (χ2v) is 0.283. The van der Waals surface area contributed by atoms with Crippen molar-refractivity contribution in [1.82, 2.24) is 0 Å². The molecular formula is CH9AlO3SiTi. The minimum absolute atomic E-state index is 0. The van der Waals surface area contributed by atoms with Gasteiger partial charge in [-0.15, -0.1) is 0 Å². The van der Waals surface area contributed by atoms with E-state index < -0.39 is 6.16 Å². The Hall–Kier alpha value is 0.734. The van der Waals surface area contributed by atoms with E-state index in [1.54, 1.807) is 0 Å². The van der Waals surface area contributed by atoms with Gasteiger partial charge < -0.3 is 10.2 Å². The molecule has 0 aliphatic rings. The summed E-state index contributed by atoms with van der Waals surface area (Å²) >= 11 is 0. The van der Waals surface area contributed by atoms with Gasteiger partial charge in [-0.2, -0.15) is 0 Å². The van der Waals surface area contributed by atoms with Crippen molar-refractivity contribution in [1.29, 1.82) is 0 Å². The van der Waals surface area contributed by atoms with E-state index in [0.29, 0.717) is 0 Å². The third-order valence-electron chi connectivity index (χ3n) is 0. The standard InChI is InChI=1S/CH2O3.Al.H4Si.Ti.3H/c2-1(3)4;;;;;;/h(H2,2,3,4);;1H4;;;;. The van der Waals surface area contributed by atoms with E-state index in [4.69, 9.17) is 15.0 Å². The molecule has 0 atom stereocenters. The average molecular weight is 172 g/mol. The van der Waals surface area contributed by atoms with E-state index in [-0.39, 0.29) is 50.0 Å². The zero-order chi connectivity index (χ0) is 3.58. The molecule has 0 saturated heterocycles. The fourth-order valence-electron chi connectivity index (χ4n) is 0. The van der Waals surface area contributed by atoms with Crippen molar-refractivity contribution in [3.63, 3.8) is 0 Å². The molecule has 0 aromatic carbocycles. The van der Waals surface area contributed by atoms with Crippen molar-refractivity contribution >= 4 is 34.5 Å². The van der Waals surface area contributed by atoms with Crippen molar-refractivity contribution < 1.29 is 36.7 Å². The van der Waals surface area contributed by atoms with Gasteiger partial charge in [-0.05, 0) is 11.0 Å². The number of hydrogen-bond acceptors (Lipinski definition) is 1. The normalized spacial score (nSPS) is 3.43. The van der Waals surface area contributed by atoms with Crippen LogP contribution in [0.2, 0.25) is 0 Å². The molecule has 2 N–H and O–H groups in total. The van der Waals surface area contributed by atoms with Crippen LogP contribution in [-0.4, -0.2) is 44.7 Å². The molecule has 0 radical (unpaired) electrons. The summed E-state index contributed by atoms with van der Waals surface area (Å²) in [5.41, 5.74) is 0. The first kappa shape index (κ1) is 25.2. The summed E-state index contributed by atoms with van der Waals surface area (Å²) in [6.45, 7) is 0. The first-order valence-corrected chi connectivity index (χ1v) is 0.651. The summed E-state index contributed by atoms with van der Waals surface area (Å²) in [4.78, 5) is 8.56. The SMILES string of the molecule is O=C(O)O.[AlH3].[SiH4].[Ti]. The second-order valence-electron chi connectivity index (χ2n) is 0.283. The molecule has 3 nitrogen and oxygen atoms in total. The van der Waals surface area contributed by atoms with E-state index in [2.05, 4.69) is 0 Å². The van der Waals surface area contributed by atoms with Crippen LogP contribution >= 0.6 is 0 Å². The van der Waals surface area contributed by atoms with Gasteiger partial charge in [0.25, 0.3) is 0 Å². The molecular weight excluding hydrogens is 163 g/mol. The van der Waals surface area contributed by atoms with E-state index in [9.17, 15) is 0 Å². The predicted octanol–water partition coefficient (Wildman–Crippen LogP) is -2.42. The van der Waals surface area contributed by atoms with Crippen LogP contribution in [0.4, 0.5) is 4.79 Å². The quantitative estimate of drug-likeness (QED) is 0.400. The number of carbonyl (C=O) groups is 1. The Morgan fingerprint density at radius 3 is 1.29 bits per heavy atom. The first-order chi connectivity index (χ1) is 1.73. The van der Waals surface area contributed by atoms with Gasteiger partial charge in [0.2, 0.25) is 0 Å². The summed E-state index contributed by atoms with van der Waals surface area (Å²) in [6, 6.07) is 0. The Morgan fingerprint density at radius 2 is 1.29 bits per heavy atom. The molecule has 0 aromatic heterocycles. The van der Waals surface area contributed by atoms with Crippen LogP contribution in [0.15, 0.2) is 0 Å². The molecule has 0 rings (SSSR count). The molecule has 0 amide bonds. The zero-order valence-electron chi connectivity index (χ0n) is 2.30. The summed E-state index contributed by atoms with van der Waals surface area (Å²) in [5.74, 6) is 0. The van der Waals surface area contributed by atoms with Crippen LogP contribution in [0.5, 0.6) is 0 Å². The largest absolute Gasteiger partial charge is 0.503 e. The fourth-order valence-corrected chi connectivity index (χ4v) is 0. The Morgan fingerprint density at radius 1 is 1.29 bits per heavy atom. The van der Waals surface area contributed by atoms with E-state index in [0.717, 1.165) is 0 Å². The fraction of sp³-hybridized carbons (Fsp3) is 0. The van der Waals surface area contributed by atoms with Crippen LogP contribution in [0.1, 0.15) is 0 Å². The van der Waals surface area contributed by atoms with Gasteiger partial charge >= 0.3 is 6.16 Å². The molecule has 0 unspecified atom stereocenters. The van der Waals surface area contributed by atoms with Crippen molar-refractivity contribution in [2.24, 2.45) is 0 Å². The van der Waals surface area contributed by atoms with Gasteiger partial charge in [-0.3, -0.25) is 0 Å². The van der Waals surface area contributed by atoms with Crippen LogP contribution in [0, 0.1) is 0 Å². The molecule has 0 spiro atoms. The summed E-state index contributed by atoms with van der Waals surface area (Å²) in [7, 11) is 0. The van der Waals surface area contributed by atoms with Gasteiger partial charge in [0.15, 0.2) is 17.4 Å². The number of hydrogen-bond donors (Lipinski definition) is 2. The van der Waals surface area contributed by atoms with Gasteiger partial charge in [0.1, 0.15) is 0 Å². The van der Waals surface area contributed by atoms with Crippen LogP contribution in [0.3, 0.4) is 0 Å². The molecule has 42 valence electrons. The summed E-state index contributed by atoms with van der Waals surface area (Å²) in [5, 5.41) is 13.9. The first-order valence-electron chi connectivity index (χ1n) is 0.651.